The van der Waals surface area contributed by atoms with Crippen LogP contribution < -0.4 is 15.4 Å². The smallest absolute Gasteiger partial charge is 0.274 e. The molecule has 0 aliphatic heterocycles. The molecule has 3 aromatic rings. The Morgan fingerprint density at radius 2 is 1.67 bits per heavy atom. The van der Waals surface area contributed by atoms with E-state index in [1.54, 1.807) is 37.4 Å². The first-order valence-corrected chi connectivity index (χ1v) is 8.03. The van der Waals surface area contributed by atoms with Gasteiger partial charge in [0.2, 0.25) is 0 Å². The van der Waals surface area contributed by atoms with Gasteiger partial charge in [-0.05, 0) is 54.6 Å². The van der Waals surface area contributed by atoms with E-state index in [0.29, 0.717) is 17.1 Å². The van der Waals surface area contributed by atoms with Gasteiger partial charge in [0.25, 0.3) is 11.8 Å². The third kappa shape index (κ3) is 4.66. The van der Waals surface area contributed by atoms with Gasteiger partial charge in [-0.2, -0.15) is 0 Å². The molecule has 27 heavy (non-hydrogen) atoms. The van der Waals surface area contributed by atoms with Gasteiger partial charge in [0.05, 0.1) is 7.11 Å². The van der Waals surface area contributed by atoms with Crippen LogP contribution in [0.15, 0.2) is 66.9 Å². The van der Waals surface area contributed by atoms with Gasteiger partial charge in [0.15, 0.2) is 0 Å². The fraction of sp³-hybridized carbons (Fsp3) is 0.0500. The molecule has 0 fully saturated rings. The number of benzene rings is 2. The molecule has 2 N–H and O–H groups in total. The molecule has 0 saturated heterocycles. The minimum absolute atomic E-state index is 0.0432. The molecule has 6 nitrogen and oxygen atoms in total. The first-order valence-electron chi connectivity index (χ1n) is 8.03. The molecule has 2 aromatic carbocycles. The monoisotopic (exact) mass is 365 g/mol. The molecule has 0 radical (unpaired) electrons. The van der Waals surface area contributed by atoms with Crippen molar-refractivity contribution in [3.8, 4) is 5.75 Å². The molecule has 0 aliphatic carbocycles. The maximum atomic E-state index is 13.2. The van der Waals surface area contributed by atoms with Crippen molar-refractivity contribution in [3.05, 3.63) is 83.9 Å². The van der Waals surface area contributed by atoms with Gasteiger partial charge in [0.1, 0.15) is 17.3 Å². The number of hydrogen-bond acceptors (Lipinski definition) is 4. The predicted molar refractivity (Wildman–Crippen MR) is 99.5 cm³/mol. The highest BCUT2D eigenvalue weighted by Crippen LogP contribution is 2.16. The Hall–Kier alpha value is -3.74. The number of carbonyl (C=O) groups is 2. The molecule has 3 rings (SSSR count). The van der Waals surface area contributed by atoms with E-state index in [9.17, 15) is 14.0 Å². The normalized spacial score (nSPS) is 10.1. The lowest BCUT2D eigenvalue weighted by atomic mass is 10.2. The van der Waals surface area contributed by atoms with Crippen LogP contribution in [0, 0.1) is 5.82 Å². The number of carbonyl (C=O) groups excluding carboxylic acids is 2. The standard InChI is InChI=1S/C20H16FN3O3/c1-27-17-7-5-15(6-8-17)23-19(25)13-9-10-22-18(11-13)20(26)24-16-4-2-3-14(21)12-16/h2-12H,1H3,(H,23,25)(H,24,26). The molecule has 0 spiro atoms. The molecule has 0 saturated carbocycles. The Labute approximate surface area is 155 Å². The summed E-state index contributed by atoms with van der Waals surface area (Å²) in [5, 5.41) is 5.27. The van der Waals surface area contributed by atoms with Crippen LogP contribution in [0.25, 0.3) is 0 Å². The van der Waals surface area contributed by atoms with Crippen molar-refractivity contribution >= 4 is 23.2 Å². The van der Waals surface area contributed by atoms with Crippen molar-refractivity contribution in [2.24, 2.45) is 0 Å². The second kappa shape index (κ2) is 8.09. The third-order valence-corrected chi connectivity index (χ3v) is 3.69. The van der Waals surface area contributed by atoms with E-state index in [1.807, 2.05) is 0 Å². The lowest BCUT2D eigenvalue weighted by Gasteiger charge is -2.08. The first-order chi connectivity index (χ1) is 13.0. The Kier molecular flexibility index (Phi) is 5.41. The van der Waals surface area contributed by atoms with Crippen LogP contribution in [-0.2, 0) is 0 Å². The second-order valence-corrected chi connectivity index (χ2v) is 5.58. The Morgan fingerprint density at radius 1 is 0.926 bits per heavy atom. The van der Waals surface area contributed by atoms with Crippen molar-refractivity contribution in [2.75, 3.05) is 17.7 Å². The number of aromatic nitrogens is 1. The van der Waals surface area contributed by atoms with E-state index in [0.717, 1.165) is 0 Å². The summed E-state index contributed by atoms with van der Waals surface area (Å²) in [6.45, 7) is 0. The second-order valence-electron chi connectivity index (χ2n) is 5.58. The number of nitrogens with zero attached hydrogens (tertiary/aromatic N) is 1. The molecule has 0 unspecified atom stereocenters. The van der Waals surface area contributed by atoms with E-state index < -0.39 is 11.7 Å². The summed E-state index contributed by atoms with van der Waals surface area (Å²) < 4.78 is 18.3. The van der Waals surface area contributed by atoms with Crippen molar-refractivity contribution in [1.82, 2.24) is 4.98 Å². The molecule has 136 valence electrons. The number of rotatable bonds is 5. The first kappa shape index (κ1) is 18.1. The van der Waals surface area contributed by atoms with Crippen LogP contribution in [-0.4, -0.2) is 23.9 Å². The summed E-state index contributed by atoms with van der Waals surface area (Å²) in [6, 6.07) is 15.2. The Balaban J connectivity index is 1.71. The highest BCUT2D eigenvalue weighted by Gasteiger charge is 2.13. The van der Waals surface area contributed by atoms with E-state index in [2.05, 4.69) is 15.6 Å². The highest BCUT2D eigenvalue weighted by molar-refractivity contribution is 6.07. The van der Waals surface area contributed by atoms with Crippen LogP contribution >= 0.6 is 0 Å². The van der Waals surface area contributed by atoms with Gasteiger partial charge in [-0.25, -0.2) is 4.39 Å². The number of ether oxygens (including phenoxy) is 1. The molecular formula is C20H16FN3O3. The van der Waals surface area contributed by atoms with Gasteiger partial charge in [-0.3, -0.25) is 14.6 Å². The van der Waals surface area contributed by atoms with Crippen LogP contribution in [0.3, 0.4) is 0 Å². The highest BCUT2D eigenvalue weighted by atomic mass is 19.1. The number of methoxy groups -OCH3 is 1. The van der Waals surface area contributed by atoms with Gasteiger partial charge >= 0.3 is 0 Å². The fourth-order valence-electron chi connectivity index (χ4n) is 2.33. The summed E-state index contributed by atoms with van der Waals surface area (Å²) in [4.78, 5) is 28.7. The minimum Gasteiger partial charge on any atom is -0.497 e. The SMILES string of the molecule is COc1ccc(NC(=O)c2ccnc(C(=O)Nc3cccc(F)c3)c2)cc1. The van der Waals surface area contributed by atoms with Crippen molar-refractivity contribution in [1.29, 1.82) is 0 Å². The minimum atomic E-state index is -0.542. The maximum Gasteiger partial charge on any atom is 0.274 e. The largest absolute Gasteiger partial charge is 0.497 e. The number of nitrogens with one attached hydrogen (secondary N) is 2. The lowest BCUT2D eigenvalue weighted by Crippen LogP contribution is -2.17. The summed E-state index contributed by atoms with van der Waals surface area (Å²) in [5.74, 6) is -0.719. The summed E-state index contributed by atoms with van der Waals surface area (Å²) in [5.41, 5.74) is 1.20. The number of halogens is 1. The topological polar surface area (TPSA) is 80.3 Å². The lowest BCUT2D eigenvalue weighted by molar-refractivity contribution is 0.102. The molecule has 0 bridgehead atoms. The molecule has 0 atom stereocenters. The Morgan fingerprint density at radius 3 is 2.37 bits per heavy atom. The van der Waals surface area contributed by atoms with Crippen LogP contribution in [0.4, 0.5) is 15.8 Å². The van der Waals surface area contributed by atoms with Crippen LogP contribution in [0.2, 0.25) is 0 Å². The molecular weight excluding hydrogens is 349 g/mol. The Bertz CT molecular complexity index is 974. The third-order valence-electron chi connectivity index (χ3n) is 3.69. The maximum absolute atomic E-state index is 13.2. The average molecular weight is 365 g/mol. The van der Waals surface area contributed by atoms with Gasteiger partial charge in [-0.1, -0.05) is 6.07 Å². The zero-order valence-electron chi connectivity index (χ0n) is 14.4. The van der Waals surface area contributed by atoms with E-state index in [4.69, 9.17) is 4.74 Å². The zero-order valence-corrected chi connectivity index (χ0v) is 14.4. The van der Waals surface area contributed by atoms with Crippen molar-refractivity contribution in [2.45, 2.75) is 0 Å². The van der Waals surface area contributed by atoms with Gasteiger partial charge in [0, 0.05) is 23.1 Å². The number of pyridine rings is 1. The zero-order chi connectivity index (χ0) is 19.2. The van der Waals surface area contributed by atoms with Crippen LogP contribution in [0.5, 0.6) is 5.75 Å². The quantitative estimate of drug-likeness (QED) is 0.722. The summed E-state index contributed by atoms with van der Waals surface area (Å²) in [6.07, 6.45) is 1.36. The molecule has 1 heterocycles. The molecule has 2 amide bonds. The van der Waals surface area contributed by atoms with E-state index >= 15 is 0 Å². The van der Waals surface area contributed by atoms with Crippen LogP contribution in [0.1, 0.15) is 20.8 Å². The van der Waals surface area contributed by atoms with Crippen molar-refractivity contribution < 1.29 is 18.7 Å². The predicted octanol–water partition coefficient (Wildman–Crippen LogP) is 3.73. The number of anilines is 2. The molecule has 1 aromatic heterocycles. The van der Waals surface area contributed by atoms with Crippen molar-refractivity contribution in [3.63, 3.8) is 0 Å². The number of amides is 2. The fourth-order valence-corrected chi connectivity index (χ4v) is 2.33. The van der Waals surface area contributed by atoms with E-state index in [-0.39, 0.29) is 17.2 Å². The molecule has 7 heteroatoms. The number of hydrogen-bond donors (Lipinski definition) is 2. The average Bonchev–Trinajstić information content (AvgIpc) is 2.68. The summed E-state index contributed by atoms with van der Waals surface area (Å²) in [7, 11) is 1.56. The summed E-state index contributed by atoms with van der Waals surface area (Å²) >= 11 is 0. The van der Waals surface area contributed by atoms with Gasteiger partial charge in [-0.15, -0.1) is 0 Å². The van der Waals surface area contributed by atoms with Gasteiger partial charge < -0.3 is 15.4 Å². The molecule has 0 aliphatic rings. The van der Waals surface area contributed by atoms with E-state index in [1.165, 1.54) is 36.5 Å².